The summed E-state index contributed by atoms with van der Waals surface area (Å²) >= 11 is 1.50. The van der Waals surface area contributed by atoms with Crippen molar-refractivity contribution in [2.75, 3.05) is 11.4 Å². The zero-order chi connectivity index (χ0) is 24.5. The summed E-state index contributed by atoms with van der Waals surface area (Å²) in [6, 6.07) is 10.3. The number of aromatic nitrogens is 3. The van der Waals surface area contributed by atoms with Crippen LogP contribution in [0, 0.1) is 13.8 Å². The molecule has 0 fully saturated rings. The maximum absolute atomic E-state index is 13.6. The summed E-state index contributed by atoms with van der Waals surface area (Å²) in [5, 5.41) is 0.112. The fraction of sp³-hybridized carbons (Fsp3) is 0.320. The number of aryl methyl sites for hydroxylation is 3. The molecule has 2 heterocycles. The summed E-state index contributed by atoms with van der Waals surface area (Å²) in [4.78, 5) is 24.4. The second-order valence-electron chi connectivity index (χ2n) is 8.66. The Morgan fingerprint density at radius 1 is 1.15 bits per heavy atom. The molecule has 0 radical (unpaired) electrons. The van der Waals surface area contributed by atoms with Crippen molar-refractivity contribution in [3.8, 4) is 0 Å². The van der Waals surface area contributed by atoms with Gasteiger partial charge >= 0.3 is 0 Å². The highest BCUT2D eigenvalue weighted by atomic mass is 32.2. The average molecular weight is 497 g/mol. The van der Waals surface area contributed by atoms with Crippen LogP contribution in [0.2, 0.25) is 0 Å². The molecule has 34 heavy (non-hydrogen) atoms. The lowest BCUT2D eigenvalue weighted by Gasteiger charge is -2.20. The van der Waals surface area contributed by atoms with Crippen molar-refractivity contribution in [1.29, 1.82) is 0 Å². The van der Waals surface area contributed by atoms with Gasteiger partial charge in [-0.15, -0.1) is 0 Å². The molecule has 0 atom stereocenters. The fourth-order valence-electron chi connectivity index (χ4n) is 3.81. The standard InChI is InChI=1S/C25H28N4O3S2/c1-17(2)34(31,32)21-8-6-20(7-9-21)24(30)29(12-5-11-28-13-10-26-16-28)25-27-22-15-18(3)14-19(4)23(22)33-25/h6-10,13-17H,5,11-12H2,1-4H3. The molecule has 0 aliphatic carbocycles. The Kier molecular flexibility index (Phi) is 6.86. The first-order valence-corrected chi connectivity index (χ1v) is 13.5. The summed E-state index contributed by atoms with van der Waals surface area (Å²) in [6.07, 6.45) is 6.10. The van der Waals surface area contributed by atoms with E-state index in [-0.39, 0.29) is 10.8 Å². The Morgan fingerprint density at radius 3 is 2.53 bits per heavy atom. The fourth-order valence-corrected chi connectivity index (χ4v) is 5.91. The molecule has 0 saturated carbocycles. The number of thiazole rings is 1. The van der Waals surface area contributed by atoms with Crippen molar-refractivity contribution in [1.82, 2.24) is 14.5 Å². The molecule has 4 aromatic rings. The Hall–Kier alpha value is -3.04. The lowest BCUT2D eigenvalue weighted by molar-refractivity contribution is 0.0986. The minimum absolute atomic E-state index is 0.201. The normalized spacial score (nSPS) is 11.9. The average Bonchev–Trinajstić information content (AvgIpc) is 3.46. The number of rotatable bonds is 8. The lowest BCUT2D eigenvalue weighted by atomic mass is 10.1. The van der Waals surface area contributed by atoms with Crippen molar-refractivity contribution in [2.24, 2.45) is 0 Å². The molecule has 9 heteroatoms. The number of anilines is 1. The van der Waals surface area contributed by atoms with Crippen molar-refractivity contribution in [3.05, 3.63) is 71.8 Å². The van der Waals surface area contributed by atoms with Crippen molar-refractivity contribution in [3.63, 3.8) is 0 Å². The van der Waals surface area contributed by atoms with Gasteiger partial charge in [0.2, 0.25) is 0 Å². The monoisotopic (exact) mass is 496 g/mol. The largest absolute Gasteiger partial charge is 0.337 e. The van der Waals surface area contributed by atoms with E-state index in [9.17, 15) is 13.2 Å². The van der Waals surface area contributed by atoms with Gasteiger partial charge in [0.15, 0.2) is 15.0 Å². The molecule has 7 nitrogen and oxygen atoms in total. The Labute approximate surface area is 204 Å². The van der Waals surface area contributed by atoms with E-state index in [1.54, 1.807) is 43.4 Å². The van der Waals surface area contributed by atoms with E-state index in [0.717, 1.165) is 34.3 Å². The van der Waals surface area contributed by atoms with Gasteiger partial charge in [0, 0.05) is 31.0 Å². The van der Waals surface area contributed by atoms with Gasteiger partial charge in [-0.05, 0) is 75.6 Å². The van der Waals surface area contributed by atoms with Gasteiger partial charge in [0.25, 0.3) is 5.91 Å². The summed E-state index contributed by atoms with van der Waals surface area (Å²) < 4.78 is 28.0. The van der Waals surface area contributed by atoms with Crippen LogP contribution in [0.25, 0.3) is 10.2 Å². The zero-order valence-electron chi connectivity index (χ0n) is 19.7. The van der Waals surface area contributed by atoms with Crippen LogP contribution in [0.4, 0.5) is 5.13 Å². The zero-order valence-corrected chi connectivity index (χ0v) is 21.4. The first-order valence-electron chi connectivity index (χ1n) is 11.2. The number of sulfone groups is 1. The van der Waals surface area contributed by atoms with Crippen LogP contribution in [0.1, 0.15) is 41.8 Å². The van der Waals surface area contributed by atoms with E-state index in [0.29, 0.717) is 17.2 Å². The number of nitrogens with zero attached hydrogens (tertiary/aromatic N) is 4. The van der Waals surface area contributed by atoms with Gasteiger partial charge in [-0.25, -0.2) is 18.4 Å². The van der Waals surface area contributed by atoms with Crippen LogP contribution in [-0.2, 0) is 16.4 Å². The molecule has 2 aromatic heterocycles. The Balaban J connectivity index is 1.66. The molecule has 0 unspecified atom stereocenters. The minimum atomic E-state index is -3.40. The van der Waals surface area contributed by atoms with E-state index in [2.05, 4.69) is 18.0 Å². The molecule has 0 N–H and O–H groups in total. The van der Waals surface area contributed by atoms with Crippen LogP contribution in [-0.4, -0.2) is 40.7 Å². The number of carbonyl (C=O) groups excluding carboxylic acids is 1. The molecule has 178 valence electrons. The smallest absolute Gasteiger partial charge is 0.260 e. The second kappa shape index (κ2) is 9.68. The van der Waals surface area contributed by atoms with E-state index in [1.165, 1.54) is 23.5 Å². The summed E-state index contributed by atoms with van der Waals surface area (Å²) in [6.45, 7) is 8.57. The van der Waals surface area contributed by atoms with Crippen LogP contribution < -0.4 is 4.90 Å². The second-order valence-corrected chi connectivity index (χ2v) is 12.1. The van der Waals surface area contributed by atoms with Crippen molar-refractivity contribution < 1.29 is 13.2 Å². The maximum atomic E-state index is 13.6. The number of hydrogen-bond acceptors (Lipinski definition) is 6. The highest BCUT2D eigenvalue weighted by molar-refractivity contribution is 7.92. The quantitative estimate of drug-likeness (QED) is 0.342. The molecule has 0 bridgehead atoms. The molecule has 0 aliphatic rings. The molecule has 0 spiro atoms. The van der Waals surface area contributed by atoms with E-state index in [4.69, 9.17) is 4.98 Å². The van der Waals surface area contributed by atoms with Gasteiger partial charge in [0.1, 0.15) is 0 Å². The maximum Gasteiger partial charge on any atom is 0.260 e. The third-order valence-corrected chi connectivity index (χ3v) is 9.09. The van der Waals surface area contributed by atoms with Gasteiger partial charge in [-0.3, -0.25) is 9.69 Å². The van der Waals surface area contributed by atoms with Crippen molar-refractivity contribution in [2.45, 2.75) is 50.8 Å². The van der Waals surface area contributed by atoms with Gasteiger partial charge in [0.05, 0.1) is 26.7 Å². The predicted molar refractivity (Wildman–Crippen MR) is 136 cm³/mol. The number of hydrogen-bond donors (Lipinski definition) is 0. The number of carbonyl (C=O) groups is 1. The third-order valence-electron chi connectivity index (χ3n) is 5.69. The molecule has 0 aliphatic heterocycles. The topological polar surface area (TPSA) is 85.2 Å². The Morgan fingerprint density at radius 2 is 1.88 bits per heavy atom. The lowest BCUT2D eigenvalue weighted by Crippen LogP contribution is -2.32. The SMILES string of the molecule is Cc1cc(C)c2sc(N(CCCn3ccnc3)C(=O)c3ccc(S(=O)(=O)C(C)C)cc3)nc2c1. The molecule has 1 amide bonds. The predicted octanol–water partition coefficient (Wildman–Crippen LogP) is 5.03. The van der Waals surface area contributed by atoms with Gasteiger partial charge < -0.3 is 4.57 Å². The number of fused-ring (bicyclic) bond motifs is 1. The molecule has 4 rings (SSSR count). The van der Waals surface area contributed by atoms with Crippen LogP contribution >= 0.6 is 11.3 Å². The van der Waals surface area contributed by atoms with E-state index in [1.807, 2.05) is 23.8 Å². The number of imidazole rings is 1. The minimum Gasteiger partial charge on any atom is -0.337 e. The molecular formula is C25H28N4O3S2. The highest BCUT2D eigenvalue weighted by Gasteiger charge is 2.24. The molecular weight excluding hydrogens is 468 g/mol. The molecule has 2 aromatic carbocycles. The third kappa shape index (κ3) is 4.90. The van der Waals surface area contributed by atoms with E-state index < -0.39 is 15.1 Å². The van der Waals surface area contributed by atoms with Gasteiger partial charge in [-0.1, -0.05) is 17.4 Å². The van der Waals surface area contributed by atoms with Gasteiger partial charge in [-0.2, -0.15) is 0 Å². The summed E-state index contributed by atoms with van der Waals surface area (Å²) in [5.74, 6) is -0.201. The number of benzene rings is 2. The van der Waals surface area contributed by atoms with E-state index >= 15 is 0 Å². The number of amides is 1. The Bertz CT molecular complexity index is 1410. The van der Waals surface area contributed by atoms with Crippen LogP contribution in [0.15, 0.2) is 60.0 Å². The summed E-state index contributed by atoms with van der Waals surface area (Å²) in [5.41, 5.74) is 3.57. The summed E-state index contributed by atoms with van der Waals surface area (Å²) in [7, 11) is -3.40. The van der Waals surface area contributed by atoms with Crippen LogP contribution in [0.5, 0.6) is 0 Å². The molecule has 0 saturated heterocycles. The first kappa shape index (κ1) is 24.1. The first-order chi connectivity index (χ1) is 16.2. The highest BCUT2D eigenvalue weighted by Crippen LogP contribution is 2.33. The van der Waals surface area contributed by atoms with Crippen LogP contribution in [0.3, 0.4) is 0 Å². The van der Waals surface area contributed by atoms with Crippen molar-refractivity contribution >= 4 is 42.4 Å².